The topological polar surface area (TPSA) is 54.0 Å². The van der Waals surface area contributed by atoms with Crippen LogP contribution >= 0.6 is 0 Å². The first-order chi connectivity index (χ1) is 7.24. The Morgan fingerprint density at radius 2 is 2.47 bits per heavy atom. The molecule has 0 spiro atoms. The number of aryl methyl sites for hydroxylation is 1. The van der Waals surface area contributed by atoms with Gasteiger partial charge in [0.1, 0.15) is 0 Å². The predicted octanol–water partition coefficient (Wildman–Crippen LogP) is 0.368. The van der Waals surface area contributed by atoms with Crippen molar-refractivity contribution in [2.24, 2.45) is 0 Å². The molecule has 1 amide bonds. The fraction of sp³-hybridized carbons (Fsp3) is 0.455. The van der Waals surface area contributed by atoms with Gasteiger partial charge in [0.15, 0.2) is 0 Å². The molecule has 1 atom stereocenters. The van der Waals surface area contributed by atoms with Gasteiger partial charge in [-0.3, -0.25) is 9.78 Å². The summed E-state index contributed by atoms with van der Waals surface area (Å²) in [7, 11) is 0. The SMILES string of the molecule is Cc1cccc(CNC2CNC(=O)C2)n1. The molecular formula is C11H15N3O. The first-order valence-corrected chi connectivity index (χ1v) is 5.16. The van der Waals surface area contributed by atoms with Crippen molar-refractivity contribution in [1.29, 1.82) is 0 Å². The highest BCUT2D eigenvalue weighted by Gasteiger charge is 2.20. The van der Waals surface area contributed by atoms with Crippen LogP contribution in [0, 0.1) is 6.92 Å². The highest BCUT2D eigenvalue weighted by atomic mass is 16.1. The summed E-state index contributed by atoms with van der Waals surface area (Å²) >= 11 is 0. The second-order valence-corrected chi connectivity index (χ2v) is 3.86. The molecule has 1 saturated heterocycles. The van der Waals surface area contributed by atoms with Crippen LogP contribution in [-0.2, 0) is 11.3 Å². The smallest absolute Gasteiger partial charge is 0.221 e. The van der Waals surface area contributed by atoms with E-state index in [2.05, 4.69) is 15.6 Å². The van der Waals surface area contributed by atoms with Crippen LogP contribution in [0.2, 0.25) is 0 Å². The van der Waals surface area contributed by atoms with Gasteiger partial charge in [0, 0.05) is 31.2 Å². The Bertz CT molecular complexity index is 365. The number of aromatic nitrogens is 1. The Labute approximate surface area is 89.1 Å². The number of nitrogens with zero attached hydrogens (tertiary/aromatic N) is 1. The van der Waals surface area contributed by atoms with Gasteiger partial charge in [0.05, 0.1) is 5.69 Å². The molecule has 1 unspecified atom stereocenters. The second-order valence-electron chi connectivity index (χ2n) is 3.86. The largest absolute Gasteiger partial charge is 0.354 e. The molecule has 1 aliphatic heterocycles. The van der Waals surface area contributed by atoms with Crippen LogP contribution in [0.25, 0.3) is 0 Å². The molecule has 15 heavy (non-hydrogen) atoms. The third-order valence-corrected chi connectivity index (χ3v) is 2.50. The zero-order chi connectivity index (χ0) is 10.7. The number of pyridine rings is 1. The standard InChI is InChI=1S/C11H15N3O/c1-8-3-2-4-9(14-8)6-12-10-5-11(15)13-7-10/h2-4,10,12H,5-7H2,1H3,(H,13,15). The van der Waals surface area contributed by atoms with E-state index in [1.165, 1.54) is 0 Å². The lowest BCUT2D eigenvalue weighted by Gasteiger charge is -2.09. The van der Waals surface area contributed by atoms with E-state index < -0.39 is 0 Å². The summed E-state index contributed by atoms with van der Waals surface area (Å²) in [6.45, 7) is 3.43. The molecule has 0 saturated carbocycles. The van der Waals surface area contributed by atoms with Crippen molar-refractivity contribution in [2.75, 3.05) is 6.54 Å². The predicted molar refractivity (Wildman–Crippen MR) is 57.2 cm³/mol. The molecular weight excluding hydrogens is 190 g/mol. The number of hydrogen-bond donors (Lipinski definition) is 2. The third kappa shape index (κ3) is 2.76. The number of rotatable bonds is 3. The third-order valence-electron chi connectivity index (χ3n) is 2.50. The first kappa shape index (κ1) is 10.1. The summed E-state index contributed by atoms with van der Waals surface area (Å²) < 4.78 is 0. The zero-order valence-electron chi connectivity index (χ0n) is 8.79. The second kappa shape index (κ2) is 4.40. The fourth-order valence-corrected chi connectivity index (χ4v) is 1.70. The van der Waals surface area contributed by atoms with Gasteiger partial charge in [-0.25, -0.2) is 0 Å². The van der Waals surface area contributed by atoms with Crippen molar-refractivity contribution >= 4 is 5.91 Å². The highest BCUT2D eigenvalue weighted by molar-refractivity contribution is 5.78. The van der Waals surface area contributed by atoms with Gasteiger partial charge in [-0.05, 0) is 19.1 Å². The van der Waals surface area contributed by atoms with Gasteiger partial charge in [0.25, 0.3) is 0 Å². The van der Waals surface area contributed by atoms with Crippen LogP contribution < -0.4 is 10.6 Å². The maximum absolute atomic E-state index is 11.0. The summed E-state index contributed by atoms with van der Waals surface area (Å²) in [6.07, 6.45) is 0.575. The van der Waals surface area contributed by atoms with Crippen LogP contribution in [0.15, 0.2) is 18.2 Å². The van der Waals surface area contributed by atoms with Crippen molar-refractivity contribution < 1.29 is 4.79 Å². The van der Waals surface area contributed by atoms with Gasteiger partial charge < -0.3 is 10.6 Å². The summed E-state index contributed by atoms with van der Waals surface area (Å²) in [4.78, 5) is 15.3. The van der Waals surface area contributed by atoms with Gasteiger partial charge >= 0.3 is 0 Å². The average molecular weight is 205 g/mol. The van der Waals surface area contributed by atoms with E-state index in [1.807, 2.05) is 25.1 Å². The van der Waals surface area contributed by atoms with Crippen molar-refractivity contribution in [2.45, 2.75) is 25.9 Å². The first-order valence-electron chi connectivity index (χ1n) is 5.16. The number of amides is 1. The van der Waals surface area contributed by atoms with Crippen molar-refractivity contribution in [3.05, 3.63) is 29.6 Å². The maximum Gasteiger partial charge on any atom is 0.221 e. The number of nitrogens with one attached hydrogen (secondary N) is 2. The number of carbonyl (C=O) groups is 1. The Hall–Kier alpha value is -1.42. The van der Waals surface area contributed by atoms with Crippen molar-refractivity contribution in [3.63, 3.8) is 0 Å². The molecule has 0 aliphatic carbocycles. The molecule has 1 fully saturated rings. The lowest BCUT2D eigenvalue weighted by molar-refractivity contribution is -0.119. The van der Waals surface area contributed by atoms with Crippen molar-refractivity contribution in [1.82, 2.24) is 15.6 Å². The Balaban J connectivity index is 1.85. The molecule has 80 valence electrons. The van der Waals surface area contributed by atoms with E-state index in [0.29, 0.717) is 6.42 Å². The van der Waals surface area contributed by atoms with Crippen LogP contribution in [0.5, 0.6) is 0 Å². The van der Waals surface area contributed by atoms with E-state index >= 15 is 0 Å². The Kier molecular flexibility index (Phi) is 2.97. The number of carbonyl (C=O) groups excluding carboxylic acids is 1. The molecule has 2 rings (SSSR count). The van der Waals surface area contributed by atoms with Crippen LogP contribution in [0.1, 0.15) is 17.8 Å². The van der Waals surface area contributed by atoms with Gasteiger partial charge in [-0.15, -0.1) is 0 Å². The van der Waals surface area contributed by atoms with Gasteiger partial charge in [-0.2, -0.15) is 0 Å². The van der Waals surface area contributed by atoms with Crippen LogP contribution in [0.4, 0.5) is 0 Å². The molecule has 2 heterocycles. The zero-order valence-corrected chi connectivity index (χ0v) is 8.79. The van der Waals surface area contributed by atoms with Gasteiger partial charge in [-0.1, -0.05) is 6.07 Å². The van der Waals surface area contributed by atoms with E-state index in [0.717, 1.165) is 24.5 Å². The summed E-state index contributed by atoms with van der Waals surface area (Å²) in [5.41, 5.74) is 2.05. The summed E-state index contributed by atoms with van der Waals surface area (Å²) in [5, 5.41) is 6.11. The molecule has 0 aromatic carbocycles. The molecule has 0 bridgehead atoms. The van der Waals surface area contributed by atoms with E-state index in [1.54, 1.807) is 0 Å². The maximum atomic E-state index is 11.0. The molecule has 4 heteroatoms. The Morgan fingerprint density at radius 1 is 1.60 bits per heavy atom. The minimum atomic E-state index is 0.129. The molecule has 1 aromatic heterocycles. The average Bonchev–Trinajstić information content (AvgIpc) is 2.62. The molecule has 1 aliphatic rings. The number of hydrogen-bond acceptors (Lipinski definition) is 3. The molecule has 1 aromatic rings. The highest BCUT2D eigenvalue weighted by Crippen LogP contribution is 2.02. The summed E-state index contributed by atoms with van der Waals surface area (Å²) in [6, 6.07) is 6.21. The van der Waals surface area contributed by atoms with E-state index in [4.69, 9.17) is 0 Å². The van der Waals surface area contributed by atoms with Crippen molar-refractivity contribution in [3.8, 4) is 0 Å². The Morgan fingerprint density at radius 3 is 3.13 bits per heavy atom. The van der Waals surface area contributed by atoms with Gasteiger partial charge in [0.2, 0.25) is 5.91 Å². The van der Waals surface area contributed by atoms with E-state index in [-0.39, 0.29) is 11.9 Å². The minimum Gasteiger partial charge on any atom is -0.354 e. The quantitative estimate of drug-likeness (QED) is 0.749. The molecule has 0 radical (unpaired) electrons. The lowest BCUT2D eigenvalue weighted by atomic mass is 10.2. The van der Waals surface area contributed by atoms with E-state index in [9.17, 15) is 4.79 Å². The fourth-order valence-electron chi connectivity index (χ4n) is 1.70. The minimum absolute atomic E-state index is 0.129. The molecule has 2 N–H and O–H groups in total. The van der Waals surface area contributed by atoms with Crippen LogP contribution in [0.3, 0.4) is 0 Å². The summed E-state index contributed by atoms with van der Waals surface area (Å²) in [5.74, 6) is 0.129. The van der Waals surface area contributed by atoms with Crippen LogP contribution in [-0.4, -0.2) is 23.5 Å². The normalized spacial score (nSPS) is 20.3. The monoisotopic (exact) mass is 205 g/mol. The lowest BCUT2D eigenvalue weighted by Crippen LogP contribution is -2.30. The molecule has 4 nitrogen and oxygen atoms in total.